The second kappa shape index (κ2) is 6.02. The van der Waals surface area contributed by atoms with Crippen LogP contribution in [0.15, 0.2) is 22.8 Å². The molecule has 19 heavy (non-hydrogen) atoms. The van der Waals surface area contributed by atoms with E-state index in [9.17, 15) is 4.79 Å². The molecule has 5 heteroatoms. The van der Waals surface area contributed by atoms with Gasteiger partial charge in [0, 0.05) is 11.3 Å². The van der Waals surface area contributed by atoms with Gasteiger partial charge in [-0.1, -0.05) is 13.8 Å². The van der Waals surface area contributed by atoms with Crippen molar-refractivity contribution in [3.05, 3.63) is 29.0 Å². The van der Waals surface area contributed by atoms with Gasteiger partial charge < -0.3 is 9.73 Å². The Morgan fingerprint density at radius 3 is 2.95 bits per heavy atom. The van der Waals surface area contributed by atoms with Gasteiger partial charge in [0.25, 0.3) is 0 Å². The number of hydrogen-bond acceptors (Lipinski definition) is 4. The summed E-state index contributed by atoms with van der Waals surface area (Å²) in [5.74, 6) is 1.23. The fraction of sp³-hybridized carbons (Fsp3) is 0.429. The summed E-state index contributed by atoms with van der Waals surface area (Å²) in [5, 5.41) is 3.79. The van der Waals surface area contributed by atoms with Crippen LogP contribution in [0, 0.1) is 12.8 Å². The highest BCUT2D eigenvalue weighted by Gasteiger charge is 2.12. The van der Waals surface area contributed by atoms with Crippen LogP contribution < -0.4 is 5.32 Å². The van der Waals surface area contributed by atoms with Gasteiger partial charge in [0.1, 0.15) is 0 Å². The molecule has 2 aromatic heterocycles. The molecule has 0 saturated carbocycles. The van der Waals surface area contributed by atoms with Crippen molar-refractivity contribution in [2.45, 2.75) is 33.7 Å². The van der Waals surface area contributed by atoms with E-state index < -0.39 is 0 Å². The molecule has 0 aliphatic carbocycles. The number of aromatic nitrogens is 1. The van der Waals surface area contributed by atoms with Crippen molar-refractivity contribution in [3.63, 3.8) is 0 Å². The van der Waals surface area contributed by atoms with Gasteiger partial charge in [0.2, 0.25) is 5.91 Å². The molecular weight excluding hydrogens is 260 g/mol. The van der Waals surface area contributed by atoms with Crippen molar-refractivity contribution >= 4 is 17.2 Å². The van der Waals surface area contributed by atoms with E-state index >= 15 is 0 Å². The van der Waals surface area contributed by atoms with E-state index in [1.54, 1.807) is 17.6 Å². The van der Waals surface area contributed by atoms with Crippen molar-refractivity contribution in [1.29, 1.82) is 0 Å². The monoisotopic (exact) mass is 278 g/mol. The van der Waals surface area contributed by atoms with Gasteiger partial charge in [-0.3, -0.25) is 4.79 Å². The van der Waals surface area contributed by atoms with Gasteiger partial charge in [-0.05, 0) is 25.0 Å². The normalized spacial score (nSPS) is 10.9. The Hall–Kier alpha value is -1.62. The number of rotatable bonds is 5. The first-order valence-corrected chi connectivity index (χ1v) is 7.14. The number of thiazole rings is 1. The topological polar surface area (TPSA) is 55.1 Å². The summed E-state index contributed by atoms with van der Waals surface area (Å²) in [7, 11) is 0. The van der Waals surface area contributed by atoms with Crippen molar-refractivity contribution in [1.82, 2.24) is 10.3 Å². The first-order valence-electron chi connectivity index (χ1n) is 6.33. The van der Waals surface area contributed by atoms with Crippen LogP contribution in [0.3, 0.4) is 0 Å². The van der Waals surface area contributed by atoms with Crippen LogP contribution in [0.2, 0.25) is 0 Å². The van der Waals surface area contributed by atoms with E-state index in [-0.39, 0.29) is 5.91 Å². The summed E-state index contributed by atoms with van der Waals surface area (Å²) in [6, 6.07) is 3.73. The molecule has 0 aliphatic rings. The smallest absolute Gasteiger partial charge is 0.220 e. The van der Waals surface area contributed by atoms with E-state index in [0.717, 1.165) is 21.3 Å². The number of carbonyl (C=O) groups excluding carboxylic acids is 1. The highest BCUT2D eigenvalue weighted by atomic mass is 32.1. The largest absolute Gasteiger partial charge is 0.462 e. The van der Waals surface area contributed by atoms with Crippen LogP contribution in [-0.2, 0) is 11.3 Å². The maximum atomic E-state index is 11.6. The minimum atomic E-state index is 0.0855. The van der Waals surface area contributed by atoms with E-state index in [4.69, 9.17) is 4.42 Å². The number of hydrogen-bond donors (Lipinski definition) is 1. The molecule has 0 aromatic carbocycles. The van der Waals surface area contributed by atoms with Crippen LogP contribution >= 0.6 is 11.3 Å². The molecule has 1 amide bonds. The number of aryl methyl sites for hydroxylation is 1. The second-order valence-corrected chi connectivity index (χ2v) is 5.96. The van der Waals surface area contributed by atoms with Crippen molar-refractivity contribution in [3.8, 4) is 10.8 Å². The number of nitrogens with one attached hydrogen (secondary N) is 1. The Kier molecular flexibility index (Phi) is 4.37. The third-order valence-electron chi connectivity index (χ3n) is 2.66. The summed E-state index contributed by atoms with van der Waals surface area (Å²) in [5.41, 5.74) is 0.946. The summed E-state index contributed by atoms with van der Waals surface area (Å²) in [6.45, 7) is 6.56. The fourth-order valence-corrected chi connectivity index (χ4v) is 2.69. The van der Waals surface area contributed by atoms with E-state index in [0.29, 0.717) is 18.9 Å². The predicted molar refractivity (Wildman–Crippen MR) is 75.9 cm³/mol. The first kappa shape index (κ1) is 13.8. The zero-order valence-electron chi connectivity index (χ0n) is 11.4. The Morgan fingerprint density at radius 2 is 2.32 bits per heavy atom. The molecule has 0 spiro atoms. The zero-order chi connectivity index (χ0) is 13.8. The molecule has 0 unspecified atom stereocenters. The third kappa shape index (κ3) is 3.67. The summed E-state index contributed by atoms with van der Waals surface area (Å²) in [4.78, 5) is 17.2. The second-order valence-electron chi connectivity index (χ2n) is 4.88. The molecule has 0 radical (unpaired) electrons. The van der Waals surface area contributed by atoms with Crippen molar-refractivity contribution < 1.29 is 9.21 Å². The summed E-state index contributed by atoms with van der Waals surface area (Å²) in [6.07, 6.45) is 2.19. The lowest BCUT2D eigenvalue weighted by molar-refractivity contribution is -0.121. The lowest BCUT2D eigenvalue weighted by Crippen LogP contribution is -2.23. The van der Waals surface area contributed by atoms with E-state index in [1.165, 1.54) is 0 Å². The number of nitrogens with zero attached hydrogens (tertiary/aromatic N) is 1. The molecule has 0 saturated heterocycles. The average molecular weight is 278 g/mol. The van der Waals surface area contributed by atoms with Crippen LogP contribution in [-0.4, -0.2) is 10.9 Å². The van der Waals surface area contributed by atoms with Crippen LogP contribution in [0.25, 0.3) is 10.8 Å². The first-order chi connectivity index (χ1) is 9.06. The molecule has 0 atom stereocenters. The molecule has 4 nitrogen and oxygen atoms in total. The molecule has 0 bridgehead atoms. The Morgan fingerprint density at radius 1 is 1.53 bits per heavy atom. The van der Waals surface area contributed by atoms with Crippen molar-refractivity contribution in [2.24, 2.45) is 5.92 Å². The van der Waals surface area contributed by atoms with Crippen LogP contribution in [0.1, 0.15) is 30.8 Å². The lowest BCUT2D eigenvalue weighted by Gasteiger charge is -2.05. The number of amides is 1. The fourth-order valence-electron chi connectivity index (χ4n) is 1.72. The van der Waals surface area contributed by atoms with Gasteiger partial charge in [0.15, 0.2) is 10.8 Å². The molecule has 2 aromatic rings. The molecule has 2 rings (SSSR count). The Balaban J connectivity index is 2.00. The molecular formula is C14H18N2O2S. The number of carbonyl (C=O) groups is 1. The van der Waals surface area contributed by atoms with Gasteiger partial charge in [-0.15, -0.1) is 11.3 Å². The van der Waals surface area contributed by atoms with Crippen LogP contribution in [0.4, 0.5) is 0 Å². The number of furan rings is 1. The Bertz CT molecular complexity index is 544. The third-order valence-corrected chi connectivity index (χ3v) is 3.84. The Labute approximate surface area is 116 Å². The van der Waals surface area contributed by atoms with Gasteiger partial charge in [-0.2, -0.15) is 0 Å². The molecule has 0 aliphatic heterocycles. The standard InChI is InChI=1S/C14H18N2O2S/c1-9(2)7-13(17)15-8-12-10(3)16-14(19-12)11-5-4-6-18-11/h4-6,9H,7-8H2,1-3H3,(H,15,17). The molecule has 1 N–H and O–H groups in total. The van der Waals surface area contributed by atoms with E-state index in [1.807, 2.05) is 32.9 Å². The van der Waals surface area contributed by atoms with E-state index in [2.05, 4.69) is 10.3 Å². The van der Waals surface area contributed by atoms with Gasteiger partial charge in [0.05, 0.1) is 18.5 Å². The summed E-state index contributed by atoms with van der Waals surface area (Å²) < 4.78 is 5.33. The predicted octanol–water partition coefficient (Wildman–Crippen LogP) is 3.37. The maximum absolute atomic E-state index is 11.6. The minimum Gasteiger partial charge on any atom is -0.462 e. The van der Waals surface area contributed by atoms with Gasteiger partial charge >= 0.3 is 0 Å². The highest BCUT2D eigenvalue weighted by Crippen LogP contribution is 2.28. The van der Waals surface area contributed by atoms with Crippen LogP contribution in [0.5, 0.6) is 0 Å². The lowest BCUT2D eigenvalue weighted by atomic mass is 10.1. The summed E-state index contributed by atoms with van der Waals surface area (Å²) >= 11 is 1.56. The maximum Gasteiger partial charge on any atom is 0.220 e. The molecule has 2 heterocycles. The highest BCUT2D eigenvalue weighted by molar-refractivity contribution is 7.15. The average Bonchev–Trinajstić information content (AvgIpc) is 2.94. The minimum absolute atomic E-state index is 0.0855. The van der Waals surface area contributed by atoms with Crippen molar-refractivity contribution in [2.75, 3.05) is 0 Å². The van der Waals surface area contributed by atoms with Gasteiger partial charge in [-0.25, -0.2) is 4.98 Å². The quantitative estimate of drug-likeness (QED) is 0.912. The molecule has 0 fully saturated rings. The molecule has 102 valence electrons. The zero-order valence-corrected chi connectivity index (χ0v) is 12.2. The SMILES string of the molecule is Cc1nc(-c2ccco2)sc1CNC(=O)CC(C)C.